The SMILES string of the molecule is CC(C)(N)C(=O)N1CCCC(C(=O)c2ccc3ccccc3c2)C1. The predicted molar refractivity (Wildman–Crippen MR) is 95.8 cm³/mol. The quantitative estimate of drug-likeness (QED) is 0.883. The van der Waals surface area contributed by atoms with Gasteiger partial charge in [0.15, 0.2) is 5.78 Å². The number of amides is 1. The minimum Gasteiger partial charge on any atom is -0.340 e. The summed E-state index contributed by atoms with van der Waals surface area (Å²) >= 11 is 0. The summed E-state index contributed by atoms with van der Waals surface area (Å²) in [7, 11) is 0. The summed E-state index contributed by atoms with van der Waals surface area (Å²) in [5.41, 5.74) is 5.76. The smallest absolute Gasteiger partial charge is 0.242 e. The zero-order valence-corrected chi connectivity index (χ0v) is 14.3. The summed E-state index contributed by atoms with van der Waals surface area (Å²) < 4.78 is 0. The third-order valence-electron chi connectivity index (χ3n) is 4.66. The standard InChI is InChI=1S/C20H24N2O2/c1-20(2,21)19(24)22-11-5-8-17(13-22)18(23)16-10-9-14-6-3-4-7-15(14)12-16/h3-4,6-7,9-10,12,17H,5,8,11,13,21H2,1-2H3. The summed E-state index contributed by atoms with van der Waals surface area (Å²) in [6.45, 7) is 4.57. The van der Waals surface area contributed by atoms with Crippen molar-refractivity contribution in [1.29, 1.82) is 0 Å². The van der Waals surface area contributed by atoms with Gasteiger partial charge in [-0.2, -0.15) is 0 Å². The summed E-state index contributed by atoms with van der Waals surface area (Å²) in [4.78, 5) is 27.0. The molecule has 3 rings (SSSR count). The number of Topliss-reactive ketones (excluding diaryl/α,β-unsaturated/α-hetero) is 1. The lowest BCUT2D eigenvalue weighted by atomic mass is 9.88. The lowest BCUT2D eigenvalue weighted by Gasteiger charge is -2.35. The molecule has 1 atom stereocenters. The molecular weight excluding hydrogens is 300 g/mol. The molecule has 0 aliphatic carbocycles. The van der Waals surface area contributed by atoms with Gasteiger partial charge in [-0.25, -0.2) is 0 Å². The fourth-order valence-corrected chi connectivity index (χ4v) is 3.36. The average molecular weight is 324 g/mol. The Kier molecular flexibility index (Phi) is 4.41. The Morgan fingerprint density at radius 2 is 1.83 bits per heavy atom. The summed E-state index contributed by atoms with van der Waals surface area (Å²) in [6.07, 6.45) is 1.66. The second-order valence-electron chi connectivity index (χ2n) is 7.24. The van der Waals surface area contributed by atoms with Crippen LogP contribution in [0, 0.1) is 5.92 Å². The minimum absolute atomic E-state index is 0.0847. The van der Waals surface area contributed by atoms with Crippen molar-refractivity contribution in [3.63, 3.8) is 0 Å². The molecular formula is C20H24N2O2. The van der Waals surface area contributed by atoms with Crippen LogP contribution in [0.2, 0.25) is 0 Å². The van der Waals surface area contributed by atoms with Crippen LogP contribution in [0.3, 0.4) is 0 Å². The van der Waals surface area contributed by atoms with Crippen LogP contribution in [0.15, 0.2) is 42.5 Å². The van der Waals surface area contributed by atoms with Crippen molar-refractivity contribution in [2.24, 2.45) is 11.7 Å². The van der Waals surface area contributed by atoms with Gasteiger partial charge in [0.05, 0.1) is 5.54 Å². The number of likely N-dealkylation sites (tertiary alicyclic amines) is 1. The van der Waals surface area contributed by atoms with Crippen LogP contribution in [-0.4, -0.2) is 35.2 Å². The maximum atomic E-state index is 12.9. The number of ketones is 1. The maximum Gasteiger partial charge on any atom is 0.242 e. The first-order valence-corrected chi connectivity index (χ1v) is 8.47. The van der Waals surface area contributed by atoms with E-state index in [9.17, 15) is 9.59 Å². The first-order chi connectivity index (χ1) is 11.4. The Hall–Kier alpha value is -2.20. The van der Waals surface area contributed by atoms with Crippen LogP contribution in [0.25, 0.3) is 10.8 Å². The Morgan fingerprint density at radius 1 is 1.12 bits per heavy atom. The van der Waals surface area contributed by atoms with Gasteiger partial charge in [-0.15, -0.1) is 0 Å². The maximum absolute atomic E-state index is 12.9. The molecule has 1 amide bonds. The van der Waals surface area contributed by atoms with E-state index in [2.05, 4.69) is 0 Å². The fraction of sp³-hybridized carbons (Fsp3) is 0.400. The zero-order valence-electron chi connectivity index (χ0n) is 14.3. The molecule has 1 saturated heterocycles. The number of piperidine rings is 1. The van der Waals surface area contributed by atoms with Gasteiger partial charge in [0.2, 0.25) is 5.91 Å². The number of hydrogen-bond acceptors (Lipinski definition) is 3. The van der Waals surface area contributed by atoms with Crippen molar-refractivity contribution in [2.45, 2.75) is 32.2 Å². The predicted octanol–water partition coefficient (Wildman–Crippen LogP) is 3.00. The highest BCUT2D eigenvalue weighted by Crippen LogP contribution is 2.24. The van der Waals surface area contributed by atoms with Gasteiger partial charge in [-0.1, -0.05) is 36.4 Å². The first kappa shape index (κ1) is 16.7. The van der Waals surface area contributed by atoms with Crippen LogP contribution in [0.1, 0.15) is 37.0 Å². The number of fused-ring (bicyclic) bond motifs is 1. The molecule has 4 heteroatoms. The van der Waals surface area contributed by atoms with Crippen LogP contribution in [-0.2, 0) is 4.79 Å². The highest BCUT2D eigenvalue weighted by atomic mass is 16.2. The van der Waals surface area contributed by atoms with Gasteiger partial charge in [0.1, 0.15) is 0 Å². The molecule has 1 heterocycles. The molecule has 1 fully saturated rings. The van der Waals surface area contributed by atoms with E-state index in [1.807, 2.05) is 42.5 Å². The van der Waals surface area contributed by atoms with Gasteiger partial charge in [0.25, 0.3) is 0 Å². The van der Waals surface area contributed by atoms with Gasteiger partial charge in [-0.05, 0) is 43.5 Å². The van der Waals surface area contributed by atoms with E-state index in [1.54, 1.807) is 18.7 Å². The lowest BCUT2D eigenvalue weighted by molar-refractivity contribution is -0.137. The number of benzene rings is 2. The molecule has 1 aliphatic heterocycles. The third kappa shape index (κ3) is 3.34. The number of nitrogens with two attached hydrogens (primary N) is 1. The number of carbonyl (C=O) groups excluding carboxylic acids is 2. The van der Waals surface area contributed by atoms with E-state index >= 15 is 0 Å². The molecule has 24 heavy (non-hydrogen) atoms. The number of nitrogens with zero attached hydrogens (tertiary/aromatic N) is 1. The second-order valence-corrected chi connectivity index (χ2v) is 7.24. The summed E-state index contributed by atoms with van der Waals surface area (Å²) in [5.74, 6) is -0.113. The highest BCUT2D eigenvalue weighted by Gasteiger charge is 2.34. The van der Waals surface area contributed by atoms with Crippen molar-refractivity contribution < 1.29 is 9.59 Å². The highest BCUT2D eigenvalue weighted by molar-refractivity contribution is 6.01. The van der Waals surface area contributed by atoms with Crippen molar-refractivity contribution in [3.8, 4) is 0 Å². The van der Waals surface area contributed by atoms with E-state index in [-0.39, 0.29) is 17.6 Å². The summed E-state index contributed by atoms with van der Waals surface area (Å²) in [6, 6.07) is 13.8. The van der Waals surface area contributed by atoms with E-state index in [4.69, 9.17) is 5.73 Å². The Balaban J connectivity index is 1.79. The molecule has 0 spiro atoms. The molecule has 4 nitrogen and oxygen atoms in total. The van der Waals surface area contributed by atoms with Crippen molar-refractivity contribution >= 4 is 22.5 Å². The molecule has 126 valence electrons. The zero-order chi connectivity index (χ0) is 17.3. The Bertz CT molecular complexity index is 777. The molecule has 2 N–H and O–H groups in total. The Labute approximate surface area is 142 Å². The van der Waals surface area contributed by atoms with Crippen LogP contribution < -0.4 is 5.73 Å². The Morgan fingerprint density at radius 3 is 2.54 bits per heavy atom. The van der Waals surface area contributed by atoms with Crippen LogP contribution >= 0.6 is 0 Å². The first-order valence-electron chi connectivity index (χ1n) is 8.47. The van der Waals surface area contributed by atoms with Gasteiger partial charge in [0, 0.05) is 24.6 Å². The van der Waals surface area contributed by atoms with Crippen LogP contribution in [0.5, 0.6) is 0 Å². The normalized spacial score (nSPS) is 18.6. The minimum atomic E-state index is -0.895. The summed E-state index contributed by atoms with van der Waals surface area (Å²) in [5, 5.41) is 2.19. The molecule has 0 aromatic heterocycles. The molecule has 0 radical (unpaired) electrons. The van der Waals surface area contributed by atoms with E-state index < -0.39 is 5.54 Å². The average Bonchev–Trinajstić information content (AvgIpc) is 2.59. The number of rotatable bonds is 3. The fourth-order valence-electron chi connectivity index (χ4n) is 3.36. The number of carbonyl (C=O) groups is 2. The lowest BCUT2D eigenvalue weighted by Crippen LogP contribution is -2.54. The van der Waals surface area contributed by atoms with E-state index in [1.165, 1.54) is 0 Å². The molecule has 0 saturated carbocycles. The molecule has 2 aromatic rings. The van der Waals surface area contributed by atoms with E-state index in [0.717, 1.165) is 29.2 Å². The van der Waals surface area contributed by atoms with Gasteiger partial charge in [-0.3, -0.25) is 9.59 Å². The van der Waals surface area contributed by atoms with E-state index in [0.29, 0.717) is 13.1 Å². The van der Waals surface area contributed by atoms with Crippen molar-refractivity contribution in [2.75, 3.05) is 13.1 Å². The van der Waals surface area contributed by atoms with Crippen molar-refractivity contribution in [1.82, 2.24) is 4.90 Å². The third-order valence-corrected chi connectivity index (χ3v) is 4.66. The van der Waals surface area contributed by atoms with Crippen LogP contribution in [0.4, 0.5) is 0 Å². The second kappa shape index (κ2) is 6.36. The molecule has 1 aliphatic rings. The topological polar surface area (TPSA) is 63.4 Å². The van der Waals surface area contributed by atoms with Gasteiger partial charge >= 0.3 is 0 Å². The largest absolute Gasteiger partial charge is 0.340 e. The monoisotopic (exact) mass is 324 g/mol. The van der Waals surface area contributed by atoms with Crippen molar-refractivity contribution in [3.05, 3.63) is 48.0 Å². The molecule has 1 unspecified atom stereocenters. The molecule has 0 bridgehead atoms. The van der Waals surface area contributed by atoms with Gasteiger partial charge < -0.3 is 10.6 Å². The molecule has 2 aromatic carbocycles. The number of hydrogen-bond donors (Lipinski definition) is 1.